The Balaban J connectivity index is 1.88. The first kappa shape index (κ1) is 19.3. The Kier molecular flexibility index (Phi) is 7.59. The van der Waals surface area contributed by atoms with Crippen LogP contribution in [-0.2, 0) is 11.2 Å². The van der Waals surface area contributed by atoms with Gasteiger partial charge in [-0.3, -0.25) is 4.79 Å². The van der Waals surface area contributed by atoms with Gasteiger partial charge in [-0.15, -0.1) is 0 Å². The minimum absolute atomic E-state index is 0.0357. The molecule has 2 rings (SSSR count). The van der Waals surface area contributed by atoms with E-state index in [4.69, 9.17) is 5.73 Å². The maximum Gasteiger partial charge on any atom is 0.231 e. The van der Waals surface area contributed by atoms with Crippen molar-refractivity contribution in [2.75, 3.05) is 43.0 Å². The maximum atomic E-state index is 12.5. The lowest BCUT2D eigenvalue weighted by Crippen LogP contribution is -2.41. The molecule has 1 saturated heterocycles. The molecule has 4 nitrogen and oxygen atoms in total. The molecular weight excluding hydrogens is 318 g/mol. The second kappa shape index (κ2) is 9.44. The molecule has 0 bridgehead atoms. The third kappa shape index (κ3) is 4.98. The van der Waals surface area contributed by atoms with Gasteiger partial charge < -0.3 is 16.0 Å². The number of rotatable bonds is 8. The van der Waals surface area contributed by atoms with Crippen LogP contribution in [0, 0.1) is 5.41 Å². The molecule has 1 aliphatic heterocycles. The second-order valence-electron chi connectivity index (χ2n) is 6.55. The van der Waals surface area contributed by atoms with Crippen LogP contribution in [0.2, 0.25) is 0 Å². The number of benzene rings is 1. The minimum atomic E-state index is -0.453. The monoisotopic (exact) mass is 349 g/mol. The Labute approximate surface area is 150 Å². The van der Waals surface area contributed by atoms with E-state index in [9.17, 15) is 4.79 Å². The first-order valence-electron chi connectivity index (χ1n) is 9.04. The molecule has 1 aliphatic rings. The first-order chi connectivity index (χ1) is 11.6. The molecule has 0 atom stereocenters. The van der Waals surface area contributed by atoms with E-state index in [-0.39, 0.29) is 5.91 Å². The summed E-state index contributed by atoms with van der Waals surface area (Å²) >= 11 is 2.04. The van der Waals surface area contributed by atoms with E-state index in [1.54, 1.807) is 0 Å². The van der Waals surface area contributed by atoms with Crippen LogP contribution in [0.25, 0.3) is 0 Å². The molecule has 0 radical (unpaired) electrons. The number of carbonyl (C=O) groups is 1. The van der Waals surface area contributed by atoms with Crippen molar-refractivity contribution in [2.45, 2.75) is 33.1 Å². The van der Waals surface area contributed by atoms with Crippen LogP contribution in [-0.4, -0.2) is 48.5 Å². The Morgan fingerprint density at radius 2 is 1.83 bits per heavy atom. The standard InChI is InChI=1S/C19H31N3OS/c1-3-19(4-2,15-20)18(23)21-17-7-5-16(6-8-17)9-10-22-11-13-24-14-12-22/h5-8H,3-4,9-15,20H2,1-2H3,(H,21,23). The van der Waals surface area contributed by atoms with E-state index >= 15 is 0 Å². The average molecular weight is 350 g/mol. The van der Waals surface area contributed by atoms with Gasteiger partial charge in [0.1, 0.15) is 0 Å². The van der Waals surface area contributed by atoms with Crippen molar-refractivity contribution in [3.8, 4) is 0 Å². The van der Waals surface area contributed by atoms with Crippen LogP contribution in [0.3, 0.4) is 0 Å². The molecule has 1 heterocycles. The highest BCUT2D eigenvalue weighted by Gasteiger charge is 2.33. The van der Waals surface area contributed by atoms with Crippen molar-refractivity contribution >= 4 is 23.4 Å². The quantitative estimate of drug-likeness (QED) is 0.757. The van der Waals surface area contributed by atoms with Crippen LogP contribution in [0.4, 0.5) is 5.69 Å². The van der Waals surface area contributed by atoms with Crippen molar-refractivity contribution in [3.05, 3.63) is 29.8 Å². The highest BCUT2D eigenvalue weighted by molar-refractivity contribution is 7.99. The van der Waals surface area contributed by atoms with Gasteiger partial charge in [0.2, 0.25) is 5.91 Å². The maximum absolute atomic E-state index is 12.5. The number of hydrogen-bond acceptors (Lipinski definition) is 4. The molecule has 1 aromatic rings. The summed E-state index contributed by atoms with van der Waals surface area (Å²) in [6.07, 6.45) is 2.59. The molecule has 0 unspecified atom stereocenters. The zero-order valence-corrected chi connectivity index (χ0v) is 15.8. The summed E-state index contributed by atoms with van der Waals surface area (Å²) in [5.74, 6) is 2.54. The van der Waals surface area contributed by atoms with E-state index in [2.05, 4.69) is 22.3 Å². The Morgan fingerprint density at radius 3 is 2.38 bits per heavy atom. The lowest BCUT2D eigenvalue weighted by Gasteiger charge is -2.28. The predicted octanol–water partition coefficient (Wildman–Crippen LogP) is 2.98. The van der Waals surface area contributed by atoms with Crippen molar-refractivity contribution in [3.63, 3.8) is 0 Å². The number of hydrogen-bond donors (Lipinski definition) is 2. The number of amides is 1. The summed E-state index contributed by atoms with van der Waals surface area (Å²) in [6, 6.07) is 8.25. The fraction of sp³-hybridized carbons (Fsp3) is 0.632. The normalized spacial score (nSPS) is 16.1. The van der Waals surface area contributed by atoms with E-state index in [1.807, 2.05) is 37.7 Å². The molecule has 134 valence electrons. The van der Waals surface area contributed by atoms with E-state index in [1.165, 1.54) is 30.2 Å². The van der Waals surface area contributed by atoms with Crippen molar-refractivity contribution in [1.82, 2.24) is 4.90 Å². The first-order valence-corrected chi connectivity index (χ1v) is 10.2. The minimum Gasteiger partial charge on any atom is -0.329 e. The van der Waals surface area contributed by atoms with Gasteiger partial charge in [-0.1, -0.05) is 26.0 Å². The van der Waals surface area contributed by atoms with Crippen molar-refractivity contribution < 1.29 is 4.79 Å². The molecule has 0 aromatic heterocycles. The summed E-state index contributed by atoms with van der Waals surface area (Å²) in [5.41, 5.74) is 7.58. The van der Waals surface area contributed by atoms with Gasteiger partial charge in [0.25, 0.3) is 0 Å². The molecule has 5 heteroatoms. The smallest absolute Gasteiger partial charge is 0.231 e. The number of nitrogens with one attached hydrogen (secondary N) is 1. The molecular formula is C19H31N3OS. The highest BCUT2D eigenvalue weighted by Crippen LogP contribution is 2.27. The van der Waals surface area contributed by atoms with Crippen LogP contribution in [0.15, 0.2) is 24.3 Å². The molecule has 1 fully saturated rings. The Bertz CT molecular complexity index is 500. The molecule has 0 saturated carbocycles. The topological polar surface area (TPSA) is 58.4 Å². The molecule has 0 aliphatic carbocycles. The van der Waals surface area contributed by atoms with Crippen LogP contribution >= 0.6 is 11.8 Å². The lowest BCUT2D eigenvalue weighted by atomic mass is 9.81. The number of carbonyl (C=O) groups excluding carboxylic acids is 1. The van der Waals surface area contributed by atoms with Gasteiger partial charge in [-0.05, 0) is 37.0 Å². The number of nitrogens with zero attached hydrogens (tertiary/aromatic N) is 1. The summed E-state index contributed by atoms with van der Waals surface area (Å²) in [4.78, 5) is 15.1. The fourth-order valence-corrected chi connectivity index (χ4v) is 4.06. The molecule has 1 aromatic carbocycles. The SMILES string of the molecule is CCC(CC)(CN)C(=O)Nc1ccc(CCN2CCSCC2)cc1. The van der Waals surface area contributed by atoms with Crippen LogP contribution in [0.1, 0.15) is 32.3 Å². The van der Waals surface area contributed by atoms with Gasteiger partial charge in [-0.25, -0.2) is 0 Å². The molecule has 3 N–H and O–H groups in total. The van der Waals surface area contributed by atoms with E-state index < -0.39 is 5.41 Å². The third-order valence-electron chi connectivity index (χ3n) is 5.26. The predicted molar refractivity (Wildman–Crippen MR) is 105 cm³/mol. The molecule has 0 spiro atoms. The van der Waals surface area contributed by atoms with Crippen molar-refractivity contribution in [2.24, 2.45) is 11.1 Å². The zero-order valence-electron chi connectivity index (χ0n) is 15.0. The number of anilines is 1. The summed E-state index contributed by atoms with van der Waals surface area (Å²) in [6.45, 7) is 7.96. The summed E-state index contributed by atoms with van der Waals surface area (Å²) in [5, 5.41) is 3.04. The second-order valence-corrected chi connectivity index (χ2v) is 7.77. The van der Waals surface area contributed by atoms with Gasteiger partial charge in [0.15, 0.2) is 0 Å². The van der Waals surface area contributed by atoms with Gasteiger partial charge in [0.05, 0.1) is 5.41 Å². The average Bonchev–Trinajstić information content (AvgIpc) is 2.64. The molecule has 24 heavy (non-hydrogen) atoms. The highest BCUT2D eigenvalue weighted by atomic mass is 32.2. The zero-order chi connectivity index (χ0) is 17.4. The fourth-order valence-electron chi connectivity index (χ4n) is 3.08. The third-order valence-corrected chi connectivity index (χ3v) is 6.20. The summed E-state index contributed by atoms with van der Waals surface area (Å²) < 4.78 is 0. The van der Waals surface area contributed by atoms with Gasteiger partial charge >= 0.3 is 0 Å². The Hall–Kier alpha value is -1.04. The van der Waals surface area contributed by atoms with Gasteiger partial charge in [0, 0.05) is 43.4 Å². The largest absolute Gasteiger partial charge is 0.329 e. The Morgan fingerprint density at radius 1 is 1.21 bits per heavy atom. The molecule has 1 amide bonds. The van der Waals surface area contributed by atoms with Crippen molar-refractivity contribution in [1.29, 1.82) is 0 Å². The number of nitrogens with two attached hydrogens (primary N) is 1. The van der Waals surface area contributed by atoms with Gasteiger partial charge in [-0.2, -0.15) is 11.8 Å². The van der Waals surface area contributed by atoms with Crippen LogP contribution in [0.5, 0.6) is 0 Å². The lowest BCUT2D eigenvalue weighted by molar-refractivity contribution is -0.125. The number of thioether (sulfide) groups is 1. The van der Waals surface area contributed by atoms with E-state index in [0.717, 1.165) is 31.5 Å². The summed E-state index contributed by atoms with van der Waals surface area (Å²) in [7, 11) is 0. The van der Waals surface area contributed by atoms with E-state index in [0.29, 0.717) is 6.54 Å². The van der Waals surface area contributed by atoms with Crippen LogP contribution < -0.4 is 11.1 Å².